The summed E-state index contributed by atoms with van der Waals surface area (Å²) in [4.78, 5) is 22.0. The lowest BCUT2D eigenvalue weighted by molar-refractivity contribution is -0.141. The van der Waals surface area contributed by atoms with Crippen LogP contribution in [-0.4, -0.2) is 27.3 Å². The number of carbonyl (C=O) groups excluding carboxylic acids is 1. The van der Waals surface area contributed by atoms with Gasteiger partial charge < -0.3 is 4.90 Å². The van der Waals surface area contributed by atoms with Crippen LogP contribution < -0.4 is 0 Å². The number of hydrogen-bond acceptors (Lipinski definition) is 3. The SMILES string of the molecule is O=C(c1ccc(C(F)(F)F)nc1)N1CCCCC[C@H]1c1ccncc1. The van der Waals surface area contributed by atoms with Crippen molar-refractivity contribution in [1.29, 1.82) is 0 Å². The second-order valence-electron chi connectivity index (χ2n) is 6.07. The summed E-state index contributed by atoms with van der Waals surface area (Å²) in [5.74, 6) is -0.287. The Kier molecular flexibility index (Phi) is 5.01. The Bertz CT molecular complexity index is 717. The number of carbonyl (C=O) groups is 1. The number of amides is 1. The van der Waals surface area contributed by atoms with Crippen molar-refractivity contribution in [1.82, 2.24) is 14.9 Å². The van der Waals surface area contributed by atoms with Crippen LogP contribution in [0, 0.1) is 0 Å². The number of halogens is 3. The van der Waals surface area contributed by atoms with Crippen LogP contribution in [0.2, 0.25) is 0 Å². The molecule has 132 valence electrons. The summed E-state index contributed by atoms with van der Waals surface area (Å²) in [7, 11) is 0. The summed E-state index contributed by atoms with van der Waals surface area (Å²) in [6.45, 7) is 0.576. The highest BCUT2D eigenvalue weighted by molar-refractivity contribution is 5.94. The first kappa shape index (κ1) is 17.4. The Balaban J connectivity index is 1.87. The van der Waals surface area contributed by atoms with Crippen LogP contribution in [0.4, 0.5) is 13.2 Å². The molecule has 0 aliphatic carbocycles. The molecular weight excluding hydrogens is 331 g/mol. The largest absolute Gasteiger partial charge is 0.433 e. The Hall–Kier alpha value is -2.44. The van der Waals surface area contributed by atoms with Gasteiger partial charge in [-0.25, -0.2) is 0 Å². The molecule has 2 aromatic heterocycles. The van der Waals surface area contributed by atoms with Crippen molar-refractivity contribution >= 4 is 5.91 Å². The van der Waals surface area contributed by atoms with Crippen molar-refractivity contribution < 1.29 is 18.0 Å². The summed E-state index contributed by atoms with van der Waals surface area (Å²) in [5, 5.41) is 0. The van der Waals surface area contributed by atoms with Gasteiger partial charge in [0.25, 0.3) is 5.91 Å². The Morgan fingerprint density at radius 1 is 1.08 bits per heavy atom. The zero-order valence-corrected chi connectivity index (χ0v) is 13.5. The summed E-state index contributed by atoms with van der Waals surface area (Å²) in [6, 6.07) is 5.71. The van der Waals surface area contributed by atoms with Crippen LogP contribution in [0.25, 0.3) is 0 Å². The van der Waals surface area contributed by atoms with Crippen LogP contribution in [-0.2, 0) is 6.18 Å². The maximum atomic E-state index is 12.9. The van der Waals surface area contributed by atoms with Gasteiger partial charge in [0.2, 0.25) is 0 Å². The Labute approximate surface area is 143 Å². The zero-order valence-electron chi connectivity index (χ0n) is 13.5. The predicted molar refractivity (Wildman–Crippen MR) is 85.7 cm³/mol. The molecule has 1 aliphatic heterocycles. The number of aromatic nitrogens is 2. The van der Waals surface area contributed by atoms with E-state index in [0.717, 1.165) is 43.5 Å². The van der Waals surface area contributed by atoms with Crippen LogP contribution in [0.1, 0.15) is 53.3 Å². The van der Waals surface area contributed by atoms with Crippen LogP contribution in [0.15, 0.2) is 42.9 Å². The Morgan fingerprint density at radius 2 is 1.84 bits per heavy atom. The standard InChI is InChI=1S/C18H18F3N3O/c19-18(20,21)16-6-5-14(12-23-16)17(25)24-11-3-1-2-4-15(24)13-7-9-22-10-8-13/h5-10,12,15H,1-4,11H2/t15-/m0/s1. The molecule has 1 saturated heterocycles. The van der Waals surface area contributed by atoms with E-state index in [1.165, 1.54) is 6.07 Å². The fourth-order valence-corrected chi connectivity index (χ4v) is 3.14. The highest BCUT2D eigenvalue weighted by Crippen LogP contribution is 2.32. The molecule has 0 bridgehead atoms. The highest BCUT2D eigenvalue weighted by Gasteiger charge is 2.33. The quantitative estimate of drug-likeness (QED) is 0.814. The third kappa shape index (κ3) is 3.97. The molecule has 0 saturated carbocycles. The molecule has 0 N–H and O–H groups in total. The van der Waals surface area contributed by atoms with Crippen molar-refractivity contribution in [3.05, 3.63) is 59.7 Å². The fourth-order valence-electron chi connectivity index (χ4n) is 3.14. The van der Waals surface area contributed by atoms with Crippen LogP contribution in [0.5, 0.6) is 0 Å². The molecule has 3 heterocycles. The first-order valence-electron chi connectivity index (χ1n) is 8.21. The van der Waals surface area contributed by atoms with E-state index in [1.807, 2.05) is 12.1 Å². The van der Waals surface area contributed by atoms with Gasteiger partial charge in [-0.2, -0.15) is 13.2 Å². The van der Waals surface area contributed by atoms with Crippen molar-refractivity contribution in [2.45, 2.75) is 37.9 Å². The molecule has 0 spiro atoms. The number of pyridine rings is 2. The summed E-state index contributed by atoms with van der Waals surface area (Å²) in [5.41, 5.74) is 0.171. The van der Waals surface area contributed by atoms with Crippen molar-refractivity contribution in [3.63, 3.8) is 0 Å². The Morgan fingerprint density at radius 3 is 2.48 bits per heavy atom. The van der Waals surface area contributed by atoms with E-state index in [4.69, 9.17) is 0 Å². The average molecular weight is 349 g/mol. The molecule has 0 aromatic carbocycles. The molecule has 1 fully saturated rings. The van der Waals surface area contributed by atoms with Gasteiger partial charge in [-0.1, -0.05) is 12.8 Å². The number of alkyl halides is 3. The number of nitrogens with zero attached hydrogens (tertiary/aromatic N) is 3. The number of rotatable bonds is 2. The van der Waals surface area contributed by atoms with Gasteiger partial charge in [-0.3, -0.25) is 14.8 Å². The maximum Gasteiger partial charge on any atom is 0.433 e. The molecule has 1 amide bonds. The van der Waals surface area contributed by atoms with Crippen LogP contribution >= 0.6 is 0 Å². The summed E-state index contributed by atoms with van der Waals surface area (Å²) < 4.78 is 37.9. The van der Waals surface area contributed by atoms with Gasteiger partial charge in [0, 0.05) is 25.1 Å². The zero-order chi connectivity index (χ0) is 17.9. The van der Waals surface area contributed by atoms with Gasteiger partial charge in [-0.15, -0.1) is 0 Å². The third-order valence-corrected chi connectivity index (χ3v) is 4.41. The predicted octanol–water partition coefficient (Wildman–Crippen LogP) is 4.25. The highest BCUT2D eigenvalue weighted by atomic mass is 19.4. The monoisotopic (exact) mass is 349 g/mol. The van der Waals surface area contributed by atoms with Gasteiger partial charge in [0.15, 0.2) is 0 Å². The fraction of sp³-hybridized carbons (Fsp3) is 0.389. The van der Waals surface area contributed by atoms with Crippen molar-refractivity contribution in [2.24, 2.45) is 0 Å². The van der Waals surface area contributed by atoms with E-state index in [0.29, 0.717) is 6.54 Å². The van der Waals surface area contributed by atoms with E-state index in [-0.39, 0.29) is 17.5 Å². The van der Waals surface area contributed by atoms with Crippen molar-refractivity contribution in [2.75, 3.05) is 6.54 Å². The molecular formula is C18H18F3N3O. The average Bonchev–Trinajstić information content (AvgIpc) is 2.87. The lowest BCUT2D eigenvalue weighted by Crippen LogP contribution is -2.35. The van der Waals surface area contributed by atoms with E-state index in [1.54, 1.807) is 17.3 Å². The molecule has 7 heteroatoms. The molecule has 0 radical (unpaired) electrons. The van der Waals surface area contributed by atoms with Gasteiger partial charge in [0.1, 0.15) is 5.69 Å². The van der Waals surface area contributed by atoms with E-state index in [9.17, 15) is 18.0 Å². The molecule has 4 nitrogen and oxygen atoms in total. The first-order valence-corrected chi connectivity index (χ1v) is 8.21. The topological polar surface area (TPSA) is 46.1 Å². The first-order chi connectivity index (χ1) is 12.0. The molecule has 1 atom stereocenters. The second-order valence-corrected chi connectivity index (χ2v) is 6.07. The van der Waals surface area contributed by atoms with Gasteiger partial charge in [0.05, 0.1) is 11.6 Å². The normalized spacial score (nSPS) is 18.7. The van der Waals surface area contributed by atoms with Crippen molar-refractivity contribution in [3.8, 4) is 0 Å². The lowest BCUT2D eigenvalue weighted by atomic mass is 10.0. The van der Waals surface area contributed by atoms with Crippen LogP contribution in [0.3, 0.4) is 0 Å². The molecule has 1 aliphatic rings. The third-order valence-electron chi connectivity index (χ3n) is 4.41. The van der Waals surface area contributed by atoms with E-state index >= 15 is 0 Å². The van der Waals surface area contributed by atoms with E-state index in [2.05, 4.69) is 9.97 Å². The molecule has 3 rings (SSSR count). The molecule has 2 aromatic rings. The minimum atomic E-state index is -4.51. The minimum Gasteiger partial charge on any atom is -0.332 e. The minimum absolute atomic E-state index is 0.0970. The smallest absolute Gasteiger partial charge is 0.332 e. The summed E-state index contributed by atoms with van der Waals surface area (Å²) in [6.07, 6.45) is 3.60. The van der Waals surface area contributed by atoms with E-state index < -0.39 is 11.9 Å². The maximum absolute atomic E-state index is 12.9. The number of hydrogen-bond donors (Lipinski definition) is 0. The summed E-state index contributed by atoms with van der Waals surface area (Å²) >= 11 is 0. The molecule has 25 heavy (non-hydrogen) atoms. The molecule has 0 unspecified atom stereocenters. The number of likely N-dealkylation sites (tertiary alicyclic amines) is 1. The van der Waals surface area contributed by atoms with Gasteiger partial charge >= 0.3 is 6.18 Å². The lowest BCUT2D eigenvalue weighted by Gasteiger charge is -2.30. The van der Waals surface area contributed by atoms with Gasteiger partial charge in [-0.05, 0) is 42.7 Å². The second kappa shape index (κ2) is 7.21.